The molecule has 34 heavy (non-hydrogen) atoms. The lowest BCUT2D eigenvalue weighted by atomic mass is 10.1. The summed E-state index contributed by atoms with van der Waals surface area (Å²) in [6.07, 6.45) is 3.77. The van der Waals surface area contributed by atoms with Crippen LogP contribution in [0, 0.1) is 11.3 Å². The molecular formula is C27H22N4O3. The van der Waals surface area contributed by atoms with Crippen LogP contribution in [0.5, 0.6) is 5.75 Å². The number of pyridine rings is 1. The third-order valence-corrected chi connectivity index (χ3v) is 5.16. The van der Waals surface area contributed by atoms with Crippen molar-refractivity contribution in [3.63, 3.8) is 0 Å². The number of anilines is 1. The summed E-state index contributed by atoms with van der Waals surface area (Å²) >= 11 is 0. The van der Waals surface area contributed by atoms with Gasteiger partial charge in [0.1, 0.15) is 12.4 Å². The second kappa shape index (κ2) is 10.8. The van der Waals surface area contributed by atoms with Crippen LogP contribution >= 0.6 is 0 Å². The summed E-state index contributed by atoms with van der Waals surface area (Å²) < 4.78 is 5.95. The number of benzene rings is 3. The molecule has 3 aromatic carbocycles. The quantitative estimate of drug-likeness (QED) is 0.263. The number of hydroxylamine groups is 1. The molecule has 0 bridgehead atoms. The van der Waals surface area contributed by atoms with Crippen molar-refractivity contribution < 1.29 is 14.7 Å². The molecule has 0 unspecified atom stereocenters. The monoisotopic (exact) mass is 450 g/mol. The number of aromatic nitrogens is 1. The number of nitrogens with zero attached hydrogens (tertiary/aromatic N) is 2. The SMILES string of the molecule is N#Cc1ccc(OCC(=Cc2ccc(C(=O)NO)cc2)CNc2cnc3ccccc3c2)cc1. The second-order valence-corrected chi connectivity index (χ2v) is 7.56. The maximum atomic E-state index is 11.6. The fourth-order valence-corrected chi connectivity index (χ4v) is 3.36. The van der Waals surface area contributed by atoms with E-state index in [1.54, 1.807) is 60.2 Å². The lowest BCUT2D eigenvalue weighted by Gasteiger charge is -2.13. The average molecular weight is 450 g/mol. The molecule has 1 heterocycles. The molecule has 7 nitrogen and oxygen atoms in total. The van der Waals surface area contributed by atoms with Crippen molar-refractivity contribution in [2.45, 2.75) is 0 Å². The molecule has 4 rings (SSSR count). The maximum Gasteiger partial charge on any atom is 0.274 e. The van der Waals surface area contributed by atoms with Crippen LogP contribution < -0.4 is 15.5 Å². The van der Waals surface area contributed by atoms with E-state index in [1.165, 1.54) is 0 Å². The largest absolute Gasteiger partial charge is 0.489 e. The molecule has 1 aromatic heterocycles. The first-order chi connectivity index (χ1) is 16.6. The zero-order valence-electron chi connectivity index (χ0n) is 18.2. The predicted molar refractivity (Wildman–Crippen MR) is 131 cm³/mol. The van der Waals surface area contributed by atoms with Gasteiger partial charge in [0.05, 0.1) is 29.0 Å². The van der Waals surface area contributed by atoms with Gasteiger partial charge in [0.15, 0.2) is 0 Å². The van der Waals surface area contributed by atoms with Gasteiger partial charge >= 0.3 is 0 Å². The summed E-state index contributed by atoms with van der Waals surface area (Å²) in [5.41, 5.74) is 6.21. The Morgan fingerprint density at radius 3 is 2.56 bits per heavy atom. The van der Waals surface area contributed by atoms with Gasteiger partial charge in [-0.2, -0.15) is 5.26 Å². The lowest BCUT2D eigenvalue weighted by Crippen LogP contribution is -2.18. The molecular weight excluding hydrogens is 428 g/mol. The highest BCUT2D eigenvalue weighted by Crippen LogP contribution is 2.18. The molecule has 4 aromatic rings. The van der Waals surface area contributed by atoms with E-state index in [9.17, 15) is 4.79 Å². The van der Waals surface area contributed by atoms with Crippen molar-refractivity contribution in [3.8, 4) is 11.8 Å². The highest BCUT2D eigenvalue weighted by molar-refractivity contribution is 5.93. The Labute approximate surface area is 196 Å². The minimum Gasteiger partial charge on any atom is -0.489 e. The van der Waals surface area contributed by atoms with E-state index >= 15 is 0 Å². The van der Waals surface area contributed by atoms with Crippen LogP contribution in [-0.2, 0) is 0 Å². The van der Waals surface area contributed by atoms with Crippen molar-refractivity contribution in [2.75, 3.05) is 18.5 Å². The summed E-state index contributed by atoms with van der Waals surface area (Å²) in [5.74, 6) is 0.0950. The molecule has 168 valence electrons. The van der Waals surface area contributed by atoms with Gasteiger partial charge in [-0.1, -0.05) is 36.4 Å². The van der Waals surface area contributed by atoms with Crippen LogP contribution in [-0.4, -0.2) is 29.3 Å². The van der Waals surface area contributed by atoms with Gasteiger partial charge < -0.3 is 10.1 Å². The molecule has 0 spiro atoms. The molecule has 0 saturated heterocycles. The van der Waals surface area contributed by atoms with Gasteiger partial charge in [0.25, 0.3) is 5.91 Å². The van der Waals surface area contributed by atoms with E-state index in [-0.39, 0.29) is 0 Å². The molecule has 0 aliphatic carbocycles. The van der Waals surface area contributed by atoms with E-state index in [2.05, 4.69) is 16.4 Å². The normalized spacial score (nSPS) is 11.0. The first-order valence-electron chi connectivity index (χ1n) is 10.6. The van der Waals surface area contributed by atoms with Crippen molar-refractivity contribution in [2.24, 2.45) is 0 Å². The number of rotatable bonds is 8. The number of amides is 1. The first-order valence-corrected chi connectivity index (χ1v) is 10.6. The smallest absolute Gasteiger partial charge is 0.274 e. The summed E-state index contributed by atoms with van der Waals surface area (Å²) in [5, 5.41) is 22.2. The Bertz CT molecular complexity index is 1360. The number of hydrogen-bond acceptors (Lipinski definition) is 6. The van der Waals surface area contributed by atoms with Crippen LogP contribution in [0.1, 0.15) is 21.5 Å². The highest BCUT2D eigenvalue weighted by Gasteiger charge is 2.06. The number of hydrogen-bond donors (Lipinski definition) is 3. The Morgan fingerprint density at radius 2 is 1.82 bits per heavy atom. The van der Waals surface area contributed by atoms with Gasteiger partial charge in [-0.15, -0.1) is 0 Å². The van der Waals surface area contributed by atoms with E-state index in [1.807, 2.05) is 36.4 Å². The number of ether oxygens (including phenoxy) is 1. The van der Waals surface area contributed by atoms with Gasteiger partial charge in [-0.25, -0.2) is 5.48 Å². The fraction of sp³-hybridized carbons (Fsp3) is 0.0741. The van der Waals surface area contributed by atoms with Crippen LogP contribution in [0.3, 0.4) is 0 Å². The summed E-state index contributed by atoms with van der Waals surface area (Å²) in [6.45, 7) is 0.827. The van der Waals surface area contributed by atoms with Gasteiger partial charge in [0.2, 0.25) is 0 Å². The van der Waals surface area contributed by atoms with E-state index in [0.717, 1.165) is 27.7 Å². The molecule has 0 fully saturated rings. The first kappa shape index (κ1) is 22.5. The Morgan fingerprint density at radius 1 is 1.06 bits per heavy atom. The predicted octanol–water partition coefficient (Wildman–Crippen LogP) is 4.80. The summed E-state index contributed by atoms with van der Waals surface area (Å²) in [4.78, 5) is 16.1. The van der Waals surface area contributed by atoms with Crippen molar-refractivity contribution in [1.82, 2.24) is 10.5 Å². The van der Waals surface area contributed by atoms with Crippen LogP contribution in [0.4, 0.5) is 5.69 Å². The third kappa shape index (κ3) is 5.76. The van der Waals surface area contributed by atoms with Crippen LogP contribution in [0.2, 0.25) is 0 Å². The number of carbonyl (C=O) groups is 1. The molecule has 0 aliphatic rings. The maximum absolute atomic E-state index is 11.6. The molecule has 0 saturated carbocycles. The third-order valence-electron chi connectivity index (χ3n) is 5.16. The fourth-order valence-electron chi connectivity index (χ4n) is 3.36. The zero-order chi connectivity index (χ0) is 23.8. The molecule has 7 heteroatoms. The van der Waals surface area contributed by atoms with Crippen molar-refractivity contribution in [1.29, 1.82) is 5.26 Å². The Hall–Kier alpha value is -4.67. The van der Waals surface area contributed by atoms with E-state index in [0.29, 0.717) is 30.0 Å². The Balaban J connectivity index is 1.52. The zero-order valence-corrected chi connectivity index (χ0v) is 18.2. The lowest BCUT2D eigenvalue weighted by molar-refractivity contribution is 0.0706. The van der Waals surface area contributed by atoms with E-state index < -0.39 is 5.91 Å². The standard InChI is InChI=1S/C27H22N4O3/c28-15-20-7-11-25(12-8-20)34-18-21(13-19-5-9-22(10-6-19)27(32)31-33)16-29-24-14-23-3-1-2-4-26(23)30-17-24/h1-14,17,29,33H,16,18H2,(H,31,32). The summed E-state index contributed by atoms with van der Waals surface area (Å²) in [7, 11) is 0. The van der Waals surface area contributed by atoms with Gasteiger partial charge in [-0.05, 0) is 59.7 Å². The number of fused-ring (bicyclic) bond motifs is 1. The van der Waals surface area contributed by atoms with Crippen molar-refractivity contribution >= 4 is 28.6 Å². The average Bonchev–Trinajstić information content (AvgIpc) is 2.90. The summed E-state index contributed by atoms with van der Waals surface area (Å²) in [6, 6.07) is 25.9. The molecule has 1 amide bonds. The van der Waals surface area contributed by atoms with Crippen LogP contribution in [0.25, 0.3) is 17.0 Å². The molecule has 0 aliphatic heterocycles. The topological polar surface area (TPSA) is 107 Å². The number of nitrogens with one attached hydrogen (secondary N) is 2. The van der Waals surface area contributed by atoms with Crippen LogP contribution in [0.15, 0.2) is 90.6 Å². The minimum atomic E-state index is -0.564. The van der Waals surface area contributed by atoms with Gasteiger partial charge in [-0.3, -0.25) is 15.0 Å². The van der Waals surface area contributed by atoms with Crippen molar-refractivity contribution in [3.05, 3.63) is 107 Å². The Kier molecular flexibility index (Phi) is 7.13. The molecule has 0 atom stereocenters. The number of nitriles is 1. The number of para-hydroxylation sites is 1. The highest BCUT2D eigenvalue weighted by atomic mass is 16.5. The van der Waals surface area contributed by atoms with Gasteiger partial charge in [0, 0.05) is 17.5 Å². The molecule has 0 radical (unpaired) electrons. The second-order valence-electron chi connectivity index (χ2n) is 7.56. The number of carbonyl (C=O) groups excluding carboxylic acids is 1. The molecule has 3 N–H and O–H groups in total. The minimum absolute atomic E-state index is 0.318. The van der Waals surface area contributed by atoms with E-state index in [4.69, 9.17) is 15.2 Å².